The number of nitrogens with zero attached hydrogens (tertiary/aromatic N) is 1. The van der Waals surface area contributed by atoms with E-state index in [0.717, 1.165) is 17.7 Å². The van der Waals surface area contributed by atoms with Crippen LogP contribution in [0.4, 0.5) is 0 Å². The van der Waals surface area contributed by atoms with E-state index in [4.69, 9.17) is 4.74 Å². The molecule has 2 atom stereocenters. The summed E-state index contributed by atoms with van der Waals surface area (Å²) in [6, 6.07) is 7.79. The van der Waals surface area contributed by atoms with Crippen molar-refractivity contribution in [2.45, 2.75) is 18.4 Å². The summed E-state index contributed by atoms with van der Waals surface area (Å²) in [4.78, 5) is 25.1. The molecule has 1 heterocycles. The normalized spacial score (nSPS) is 20.4. The van der Waals surface area contributed by atoms with Gasteiger partial charge >= 0.3 is 5.69 Å². The number of aromatic amines is 2. The predicted octanol–water partition coefficient (Wildman–Crippen LogP) is 0.392. The maximum Gasteiger partial charge on any atom is 0.341 e. The third-order valence-electron chi connectivity index (χ3n) is 3.36. The standard InChI is InChI=1S/C13H14N4O3/c1-20-10-5-3-2-4-7(10)8-6-9(8)14-12(18)11-15-13(19)17-16-11/h2-5,8-9H,6H2,1H3,(H,14,18)(H2,15,16,17,19)/t8-,9+/m1/s1. The lowest BCUT2D eigenvalue weighted by atomic mass is 10.1. The molecule has 1 aliphatic rings. The minimum absolute atomic E-state index is 0.000627. The van der Waals surface area contributed by atoms with Crippen LogP contribution in [0.25, 0.3) is 0 Å². The second-order valence-corrected chi connectivity index (χ2v) is 4.69. The Morgan fingerprint density at radius 3 is 2.95 bits per heavy atom. The van der Waals surface area contributed by atoms with E-state index in [1.54, 1.807) is 7.11 Å². The molecule has 2 aromatic rings. The van der Waals surface area contributed by atoms with E-state index in [-0.39, 0.29) is 23.7 Å². The van der Waals surface area contributed by atoms with Crippen LogP contribution in [0.1, 0.15) is 28.5 Å². The molecular weight excluding hydrogens is 260 g/mol. The quantitative estimate of drug-likeness (QED) is 0.751. The maximum absolute atomic E-state index is 11.8. The van der Waals surface area contributed by atoms with E-state index >= 15 is 0 Å². The monoisotopic (exact) mass is 274 g/mol. The number of H-pyrrole nitrogens is 2. The molecule has 7 nitrogen and oxygen atoms in total. The molecule has 0 radical (unpaired) electrons. The zero-order valence-corrected chi connectivity index (χ0v) is 10.8. The summed E-state index contributed by atoms with van der Waals surface area (Å²) in [6.45, 7) is 0. The number of amides is 1. The van der Waals surface area contributed by atoms with E-state index < -0.39 is 5.69 Å². The average Bonchev–Trinajstić information content (AvgIpc) is 3.08. The van der Waals surface area contributed by atoms with Crippen molar-refractivity contribution in [3.8, 4) is 5.75 Å². The number of methoxy groups -OCH3 is 1. The van der Waals surface area contributed by atoms with E-state index in [0.29, 0.717) is 0 Å². The maximum atomic E-state index is 11.8. The highest BCUT2D eigenvalue weighted by Gasteiger charge is 2.41. The van der Waals surface area contributed by atoms with Crippen LogP contribution in [-0.4, -0.2) is 34.2 Å². The van der Waals surface area contributed by atoms with Crippen LogP contribution in [0.3, 0.4) is 0 Å². The van der Waals surface area contributed by atoms with E-state index in [1.165, 1.54) is 0 Å². The highest BCUT2D eigenvalue weighted by molar-refractivity contribution is 5.90. The van der Waals surface area contributed by atoms with Crippen LogP contribution in [0.15, 0.2) is 29.1 Å². The van der Waals surface area contributed by atoms with Gasteiger partial charge in [-0.3, -0.25) is 9.78 Å². The van der Waals surface area contributed by atoms with Gasteiger partial charge in [-0.25, -0.2) is 9.89 Å². The van der Waals surface area contributed by atoms with Gasteiger partial charge in [0.1, 0.15) is 5.75 Å². The van der Waals surface area contributed by atoms with Crippen LogP contribution in [0.5, 0.6) is 5.75 Å². The number of hydrogen-bond acceptors (Lipinski definition) is 4. The number of carbonyl (C=O) groups excluding carboxylic acids is 1. The van der Waals surface area contributed by atoms with Gasteiger partial charge in [0.15, 0.2) is 0 Å². The fraction of sp³-hybridized carbons (Fsp3) is 0.308. The number of ether oxygens (including phenoxy) is 1. The molecule has 3 rings (SSSR count). The Balaban J connectivity index is 1.67. The minimum atomic E-state index is -0.493. The Kier molecular flexibility index (Phi) is 3.02. The first kappa shape index (κ1) is 12.5. The molecule has 1 aliphatic carbocycles. The molecule has 0 aliphatic heterocycles. The predicted molar refractivity (Wildman–Crippen MR) is 70.8 cm³/mol. The SMILES string of the molecule is COc1ccccc1[C@H]1C[C@@H]1NC(=O)c1n[nH]c(=O)[nH]1. The second kappa shape index (κ2) is 4.84. The Labute approximate surface area is 114 Å². The fourth-order valence-electron chi connectivity index (χ4n) is 2.29. The van der Waals surface area contributed by atoms with Crippen molar-refractivity contribution >= 4 is 5.91 Å². The molecule has 0 spiro atoms. The van der Waals surface area contributed by atoms with Crippen molar-refractivity contribution in [2.24, 2.45) is 0 Å². The molecule has 3 N–H and O–H groups in total. The number of carbonyl (C=O) groups is 1. The van der Waals surface area contributed by atoms with Crippen molar-refractivity contribution in [3.05, 3.63) is 46.1 Å². The first-order valence-corrected chi connectivity index (χ1v) is 6.27. The van der Waals surface area contributed by atoms with Crippen LogP contribution in [-0.2, 0) is 0 Å². The molecule has 1 aromatic heterocycles. The smallest absolute Gasteiger partial charge is 0.341 e. The van der Waals surface area contributed by atoms with Crippen LogP contribution in [0, 0.1) is 0 Å². The van der Waals surface area contributed by atoms with Crippen LogP contribution in [0.2, 0.25) is 0 Å². The molecule has 7 heteroatoms. The van der Waals surface area contributed by atoms with Crippen molar-refractivity contribution in [3.63, 3.8) is 0 Å². The average molecular weight is 274 g/mol. The first-order valence-electron chi connectivity index (χ1n) is 6.27. The van der Waals surface area contributed by atoms with Gasteiger partial charge in [-0.15, -0.1) is 5.10 Å². The van der Waals surface area contributed by atoms with Gasteiger partial charge in [0.25, 0.3) is 5.91 Å². The molecule has 0 bridgehead atoms. The lowest BCUT2D eigenvalue weighted by Crippen LogP contribution is -2.28. The van der Waals surface area contributed by atoms with Crippen molar-refractivity contribution in [2.75, 3.05) is 7.11 Å². The number of rotatable bonds is 4. The Bertz CT molecular complexity index is 691. The molecule has 1 saturated carbocycles. The summed E-state index contributed by atoms with van der Waals surface area (Å²) in [5, 5.41) is 8.60. The fourth-order valence-corrected chi connectivity index (χ4v) is 2.29. The lowest BCUT2D eigenvalue weighted by molar-refractivity contribution is 0.0940. The zero-order valence-electron chi connectivity index (χ0n) is 10.8. The molecule has 0 saturated heterocycles. The number of benzene rings is 1. The summed E-state index contributed by atoms with van der Waals surface area (Å²) in [6.07, 6.45) is 0.848. The topological polar surface area (TPSA) is 99.9 Å². The number of nitrogens with one attached hydrogen (secondary N) is 3. The lowest BCUT2D eigenvalue weighted by Gasteiger charge is -2.07. The van der Waals surface area contributed by atoms with Crippen LogP contribution < -0.4 is 15.7 Å². The van der Waals surface area contributed by atoms with Crippen LogP contribution >= 0.6 is 0 Å². The second-order valence-electron chi connectivity index (χ2n) is 4.69. The summed E-state index contributed by atoms with van der Waals surface area (Å²) in [7, 11) is 1.63. The highest BCUT2D eigenvalue weighted by atomic mass is 16.5. The molecular formula is C13H14N4O3. The molecule has 1 aromatic carbocycles. The van der Waals surface area contributed by atoms with E-state index in [2.05, 4.69) is 20.5 Å². The summed E-state index contributed by atoms with van der Waals surface area (Å²) in [5.74, 6) is 0.676. The first-order chi connectivity index (χ1) is 9.69. The van der Waals surface area contributed by atoms with Crippen molar-refractivity contribution < 1.29 is 9.53 Å². The summed E-state index contributed by atoms with van der Waals surface area (Å²) >= 11 is 0. The number of aromatic nitrogens is 3. The van der Waals surface area contributed by atoms with Gasteiger partial charge < -0.3 is 10.1 Å². The molecule has 1 amide bonds. The van der Waals surface area contributed by atoms with Gasteiger partial charge in [0, 0.05) is 12.0 Å². The van der Waals surface area contributed by atoms with Gasteiger partial charge in [-0.1, -0.05) is 18.2 Å². The number of para-hydroxylation sites is 1. The number of hydrogen-bond donors (Lipinski definition) is 3. The van der Waals surface area contributed by atoms with Gasteiger partial charge in [-0.2, -0.15) is 0 Å². The Morgan fingerprint density at radius 1 is 1.45 bits per heavy atom. The summed E-state index contributed by atoms with van der Waals surface area (Å²) < 4.78 is 5.31. The van der Waals surface area contributed by atoms with Crippen molar-refractivity contribution in [1.82, 2.24) is 20.5 Å². The molecule has 1 fully saturated rings. The minimum Gasteiger partial charge on any atom is -0.496 e. The van der Waals surface area contributed by atoms with Gasteiger partial charge in [0.05, 0.1) is 7.11 Å². The van der Waals surface area contributed by atoms with Gasteiger partial charge in [0.2, 0.25) is 5.82 Å². The van der Waals surface area contributed by atoms with E-state index in [9.17, 15) is 9.59 Å². The molecule has 104 valence electrons. The third-order valence-corrected chi connectivity index (χ3v) is 3.36. The third kappa shape index (κ3) is 2.29. The van der Waals surface area contributed by atoms with E-state index in [1.807, 2.05) is 24.3 Å². The largest absolute Gasteiger partial charge is 0.496 e. The molecule has 20 heavy (non-hydrogen) atoms. The summed E-state index contributed by atoms with van der Waals surface area (Å²) in [5.41, 5.74) is 0.586. The van der Waals surface area contributed by atoms with Gasteiger partial charge in [-0.05, 0) is 18.1 Å². The Morgan fingerprint density at radius 2 is 2.25 bits per heavy atom. The highest BCUT2D eigenvalue weighted by Crippen LogP contribution is 2.44. The molecule has 0 unspecified atom stereocenters. The van der Waals surface area contributed by atoms with Crippen molar-refractivity contribution in [1.29, 1.82) is 0 Å². The zero-order chi connectivity index (χ0) is 14.1. The Hall–Kier alpha value is -2.57.